The van der Waals surface area contributed by atoms with E-state index in [9.17, 15) is 13.6 Å². The first-order valence-corrected chi connectivity index (χ1v) is 12.2. The Bertz CT molecular complexity index is 1220. The van der Waals surface area contributed by atoms with Crippen molar-refractivity contribution in [3.05, 3.63) is 83.2 Å². The molecule has 0 bridgehead atoms. The number of halogens is 2. The predicted molar refractivity (Wildman–Crippen MR) is 128 cm³/mol. The number of anilines is 2. The van der Waals surface area contributed by atoms with E-state index in [1.54, 1.807) is 36.0 Å². The van der Waals surface area contributed by atoms with Crippen molar-refractivity contribution in [3.63, 3.8) is 0 Å². The van der Waals surface area contributed by atoms with Gasteiger partial charge in [0.05, 0.1) is 25.4 Å². The quantitative estimate of drug-likeness (QED) is 0.490. The van der Waals surface area contributed by atoms with Crippen molar-refractivity contribution in [2.75, 3.05) is 37.5 Å². The molecule has 3 aromatic carbocycles. The van der Waals surface area contributed by atoms with Crippen molar-refractivity contribution in [2.45, 2.75) is 17.1 Å². The molecule has 3 aromatic rings. The van der Waals surface area contributed by atoms with Crippen LogP contribution in [0.4, 0.5) is 20.2 Å². The van der Waals surface area contributed by atoms with Gasteiger partial charge in [-0.1, -0.05) is 12.1 Å². The maximum Gasteiger partial charge on any atom is 0.251 e. The number of ether oxygens (including phenoxy) is 2. The third kappa shape index (κ3) is 4.35. The minimum Gasteiger partial charge on any atom is -0.490 e. The topological polar surface area (TPSA) is 50.8 Å². The van der Waals surface area contributed by atoms with E-state index < -0.39 is 11.5 Å². The number of fused-ring (bicyclic) bond motifs is 1. The minimum atomic E-state index is -1.80. The van der Waals surface area contributed by atoms with Crippen molar-refractivity contribution in [1.29, 1.82) is 0 Å². The van der Waals surface area contributed by atoms with E-state index in [1.165, 1.54) is 17.0 Å². The molecular weight excluding hydrogens is 458 g/mol. The van der Waals surface area contributed by atoms with Crippen LogP contribution in [0.25, 0.3) is 0 Å². The Morgan fingerprint density at radius 2 is 1.91 bits per heavy atom. The molecule has 2 heterocycles. The van der Waals surface area contributed by atoms with E-state index in [4.69, 9.17) is 9.47 Å². The maximum absolute atomic E-state index is 14.9. The fourth-order valence-corrected chi connectivity index (χ4v) is 4.53. The summed E-state index contributed by atoms with van der Waals surface area (Å²) in [5.74, 6) is -0.236. The monoisotopic (exact) mass is 482 g/mol. The number of carbonyl (C=O) groups is 1. The Kier molecular flexibility index (Phi) is 6.18. The summed E-state index contributed by atoms with van der Waals surface area (Å²) in [6.07, 6.45) is 2.02. The molecular formula is C26H24F2N2O3S. The van der Waals surface area contributed by atoms with Crippen molar-refractivity contribution in [1.82, 2.24) is 5.32 Å². The molecule has 2 aliphatic rings. The van der Waals surface area contributed by atoms with Gasteiger partial charge in [0, 0.05) is 28.3 Å². The average molecular weight is 483 g/mol. The molecule has 1 saturated heterocycles. The summed E-state index contributed by atoms with van der Waals surface area (Å²) >= 11 is 1.67. The molecule has 8 heteroatoms. The highest BCUT2D eigenvalue weighted by Crippen LogP contribution is 2.41. The highest BCUT2D eigenvalue weighted by Gasteiger charge is 2.43. The number of rotatable bonds is 6. The predicted octanol–water partition coefficient (Wildman–Crippen LogP) is 5.20. The molecule has 2 aliphatic heterocycles. The molecule has 0 aromatic heterocycles. The lowest BCUT2D eigenvalue weighted by Gasteiger charge is -2.36. The molecule has 0 atom stereocenters. The summed E-state index contributed by atoms with van der Waals surface area (Å²) in [4.78, 5) is 15.8. The SMILES string of the molecule is CSc1ccc(CNC(=O)c2ccc3c(c2)OCCN3c2ccc(F)c(C3(F)COC3)c2)cc1. The second-order valence-electron chi connectivity index (χ2n) is 8.34. The van der Waals surface area contributed by atoms with Crippen LogP contribution in [0.3, 0.4) is 0 Å². The van der Waals surface area contributed by atoms with Gasteiger partial charge in [-0.05, 0) is 60.4 Å². The van der Waals surface area contributed by atoms with Crippen LogP contribution in [0.15, 0.2) is 65.6 Å². The van der Waals surface area contributed by atoms with Crippen LogP contribution in [0.5, 0.6) is 5.75 Å². The van der Waals surface area contributed by atoms with E-state index in [0.29, 0.717) is 36.7 Å². The van der Waals surface area contributed by atoms with Crippen LogP contribution in [-0.2, 0) is 17.0 Å². The number of nitrogens with zero attached hydrogens (tertiary/aromatic N) is 1. The molecule has 0 radical (unpaired) electrons. The zero-order valence-electron chi connectivity index (χ0n) is 18.6. The van der Waals surface area contributed by atoms with Gasteiger partial charge >= 0.3 is 0 Å². The third-order valence-electron chi connectivity index (χ3n) is 6.10. The lowest BCUT2D eigenvalue weighted by molar-refractivity contribution is -0.136. The maximum atomic E-state index is 14.9. The molecule has 0 unspecified atom stereocenters. The van der Waals surface area contributed by atoms with Crippen molar-refractivity contribution < 1.29 is 23.0 Å². The van der Waals surface area contributed by atoms with Gasteiger partial charge in [0.2, 0.25) is 0 Å². The summed E-state index contributed by atoms with van der Waals surface area (Å²) in [5.41, 5.74) is 1.11. The first kappa shape index (κ1) is 22.7. The van der Waals surface area contributed by atoms with Gasteiger partial charge in [0.1, 0.15) is 18.2 Å². The lowest BCUT2D eigenvalue weighted by atomic mass is 9.93. The van der Waals surface area contributed by atoms with Gasteiger partial charge in [-0.2, -0.15) is 0 Å². The Balaban J connectivity index is 1.34. The summed E-state index contributed by atoms with van der Waals surface area (Å²) in [6, 6.07) is 17.7. The Morgan fingerprint density at radius 1 is 1.12 bits per heavy atom. The summed E-state index contributed by atoms with van der Waals surface area (Å²) in [7, 11) is 0. The second-order valence-corrected chi connectivity index (χ2v) is 9.22. The lowest BCUT2D eigenvalue weighted by Crippen LogP contribution is -2.43. The molecule has 0 aliphatic carbocycles. The number of thioether (sulfide) groups is 1. The van der Waals surface area contributed by atoms with E-state index in [1.807, 2.05) is 35.4 Å². The van der Waals surface area contributed by atoms with Crippen LogP contribution in [0.1, 0.15) is 21.5 Å². The number of carbonyl (C=O) groups excluding carboxylic acids is 1. The molecule has 5 rings (SSSR count). The summed E-state index contributed by atoms with van der Waals surface area (Å²) in [6.45, 7) is 1.03. The standard InChI is InChI=1S/C26H24F2N2O3S/c1-34-20-6-2-17(3-7-20)14-29-25(31)18-4-9-23-24(12-18)33-11-10-30(23)19-5-8-22(27)21(13-19)26(28)15-32-16-26/h2-9,12-13H,10-11,14-16H2,1H3,(H,29,31). The summed E-state index contributed by atoms with van der Waals surface area (Å²) < 4.78 is 40.0. The average Bonchev–Trinajstić information content (AvgIpc) is 2.85. The number of alkyl halides is 1. The largest absolute Gasteiger partial charge is 0.490 e. The molecule has 0 saturated carbocycles. The van der Waals surface area contributed by atoms with Crippen molar-refractivity contribution in [3.8, 4) is 5.75 Å². The van der Waals surface area contributed by atoms with E-state index >= 15 is 0 Å². The Labute approximate surface area is 201 Å². The van der Waals surface area contributed by atoms with E-state index in [2.05, 4.69) is 5.32 Å². The van der Waals surface area contributed by atoms with Crippen LogP contribution in [0, 0.1) is 5.82 Å². The number of nitrogens with one attached hydrogen (secondary N) is 1. The van der Waals surface area contributed by atoms with Crippen molar-refractivity contribution >= 4 is 29.0 Å². The second kappa shape index (κ2) is 9.27. The summed E-state index contributed by atoms with van der Waals surface area (Å²) in [5, 5.41) is 2.94. The Morgan fingerprint density at radius 3 is 2.62 bits per heavy atom. The highest BCUT2D eigenvalue weighted by atomic mass is 32.2. The number of amides is 1. The highest BCUT2D eigenvalue weighted by molar-refractivity contribution is 7.98. The van der Waals surface area contributed by atoms with Gasteiger partial charge < -0.3 is 19.7 Å². The fraction of sp³-hybridized carbons (Fsp3) is 0.269. The smallest absolute Gasteiger partial charge is 0.251 e. The zero-order valence-corrected chi connectivity index (χ0v) is 19.5. The molecule has 1 N–H and O–H groups in total. The van der Waals surface area contributed by atoms with Crippen LogP contribution >= 0.6 is 11.8 Å². The van der Waals surface area contributed by atoms with Crippen LogP contribution in [-0.4, -0.2) is 38.5 Å². The fourth-order valence-electron chi connectivity index (χ4n) is 4.12. The molecule has 1 amide bonds. The van der Waals surface area contributed by atoms with Gasteiger partial charge in [0.15, 0.2) is 5.67 Å². The zero-order chi connectivity index (χ0) is 23.7. The first-order valence-electron chi connectivity index (χ1n) is 11.0. The van der Waals surface area contributed by atoms with Crippen molar-refractivity contribution in [2.24, 2.45) is 0 Å². The Hall–Kier alpha value is -3.10. The molecule has 1 fully saturated rings. The first-order chi connectivity index (χ1) is 16.5. The third-order valence-corrected chi connectivity index (χ3v) is 6.85. The normalized spacial score (nSPS) is 16.3. The van der Waals surface area contributed by atoms with Gasteiger partial charge in [-0.25, -0.2) is 8.78 Å². The van der Waals surface area contributed by atoms with Gasteiger partial charge in [-0.15, -0.1) is 11.8 Å². The van der Waals surface area contributed by atoms with Gasteiger partial charge in [-0.3, -0.25) is 4.79 Å². The van der Waals surface area contributed by atoms with Crippen LogP contribution in [0.2, 0.25) is 0 Å². The molecule has 34 heavy (non-hydrogen) atoms. The van der Waals surface area contributed by atoms with E-state index in [-0.39, 0.29) is 24.7 Å². The number of benzene rings is 3. The number of hydrogen-bond donors (Lipinski definition) is 1. The van der Waals surface area contributed by atoms with E-state index in [0.717, 1.165) is 11.3 Å². The molecule has 0 spiro atoms. The number of hydrogen-bond acceptors (Lipinski definition) is 5. The molecule has 5 nitrogen and oxygen atoms in total. The van der Waals surface area contributed by atoms with Crippen LogP contribution < -0.4 is 15.0 Å². The molecule has 176 valence electrons. The van der Waals surface area contributed by atoms with Gasteiger partial charge in [0.25, 0.3) is 5.91 Å². The minimum absolute atomic E-state index is 0.00542.